The summed E-state index contributed by atoms with van der Waals surface area (Å²) >= 11 is 0. The summed E-state index contributed by atoms with van der Waals surface area (Å²) in [5.74, 6) is 0.916. The summed E-state index contributed by atoms with van der Waals surface area (Å²) < 4.78 is 11.0. The molecule has 0 aromatic heterocycles. The van der Waals surface area contributed by atoms with Crippen LogP contribution in [-0.4, -0.2) is 61.6 Å². The van der Waals surface area contributed by atoms with Crippen LogP contribution in [0.25, 0.3) is 0 Å². The minimum atomic E-state index is -0.622. The predicted octanol–water partition coefficient (Wildman–Crippen LogP) is 3.86. The van der Waals surface area contributed by atoms with Crippen molar-refractivity contribution in [1.82, 2.24) is 15.5 Å². The highest BCUT2D eigenvalue weighted by atomic mass is 16.6. The first-order valence-corrected chi connectivity index (χ1v) is 14.3. The number of methoxy groups -OCH3 is 1. The summed E-state index contributed by atoms with van der Waals surface area (Å²) in [6, 6.07) is 3.82. The number of ether oxygens (including phenoxy) is 2. The number of nitrogens with two attached hydrogens (primary N) is 2. The maximum atomic E-state index is 12.9. The highest BCUT2D eigenvalue weighted by Crippen LogP contribution is 2.29. The molecule has 0 bridgehead atoms. The first-order valence-electron chi connectivity index (χ1n) is 14.3. The van der Waals surface area contributed by atoms with Gasteiger partial charge in [0.25, 0.3) is 0 Å². The molecule has 0 saturated heterocycles. The van der Waals surface area contributed by atoms with Crippen molar-refractivity contribution in [3.05, 3.63) is 35.9 Å². The van der Waals surface area contributed by atoms with Gasteiger partial charge in [-0.3, -0.25) is 9.59 Å². The summed E-state index contributed by atoms with van der Waals surface area (Å²) in [6.45, 7) is 8.83. The third-order valence-corrected chi connectivity index (χ3v) is 6.76. The second kappa shape index (κ2) is 19.0. The highest BCUT2D eigenvalue weighted by Gasteiger charge is 2.26. The summed E-state index contributed by atoms with van der Waals surface area (Å²) in [5, 5.41) is 5.80. The summed E-state index contributed by atoms with van der Waals surface area (Å²) in [4.78, 5) is 38.9. The molecule has 40 heavy (non-hydrogen) atoms. The molecule has 2 unspecified atom stereocenters. The normalized spacial score (nSPS) is 13.5. The number of carbonyl (C=O) groups is 3. The fraction of sp³-hybridized carbons (Fsp3) is 0.633. The van der Waals surface area contributed by atoms with Crippen LogP contribution in [0.1, 0.15) is 78.2 Å². The van der Waals surface area contributed by atoms with E-state index in [-0.39, 0.29) is 29.6 Å². The van der Waals surface area contributed by atoms with Crippen LogP contribution >= 0.6 is 0 Å². The van der Waals surface area contributed by atoms with Crippen LogP contribution in [0.15, 0.2) is 30.4 Å². The van der Waals surface area contributed by atoms with Crippen LogP contribution in [0, 0.1) is 5.92 Å². The monoisotopic (exact) mass is 561 g/mol. The average molecular weight is 562 g/mol. The van der Waals surface area contributed by atoms with Crippen LogP contribution in [-0.2, 0) is 16.1 Å². The molecule has 10 nitrogen and oxygen atoms in total. The van der Waals surface area contributed by atoms with Crippen LogP contribution in [0.3, 0.4) is 0 Å². The van der Waals surface area contributed by atoms with Gasteiger partial charge in [0.2, 0.25) is 11.8 Å². The molecule has 10 heteroatoms. The van der Waals surface area contributed by atoms with Gasteiger partial charge in [-0.15, -0.1) is 0 Å². The van der Waals surface area contributed by atoms with Crippen molar-refractivity contribution < 1.29 is 23.9 Å². The van der Waals surface area contributed by atoms with E-state index < -0.39 is 12.1 Å². The first-order chi connectivity index (χ1) is 19.0. The largest absolute Gasteiger partial charge is 0.493 e. The fourth-order valence-corrected chi connectivity index (χ4v) is 3.87. The maximum Gasteiger partial charge on any atom is 0.415 e. The Balaban J connectivity index is 2.59. The third kappa shape index (κ3) is 13.3. The van der Waals surface area contributed by atoms with Gasteiger partial charge in [0.05, 0.1) is 19.2 Å². The van der Waals surface area contributed by atoms with Crippen LogP contribution in [0.5, 0.6) is 11.5 Å². The number of rotatable bonds is 18. The van der Waals surface area contributed by atoms with Gasteiger partial charge in [-0.1, -0.05) is 38.5 Å². The molecule has 3 atom stereocenters. The average Bonchev–Trinajstić information content (AvgIpc) is 2.93. The topological polar surface area (TPSA) is 149 Å². The van der Waals surface area contributed by atoms with Gasteiger partial charge in [0.15, 0.2) is 11.5 Å². The predicted molar refractivity (Wildman–Crippen MR) is 159 cm³/mol. The number of likely N-dealkylation sites (N-methyl/N-ethyl adjacent to an activating group) is 1. The lowest BCUT2D eigenvalue weighted by Gasteiger charge is -2.30. The van der Waals surface area contributed by atoms with Gasteiger partial charge < -0.3 is 36.5 Å². The number of allylic oxidation sites excluding steroid dienone is 2. The minimum absolute atomic E-state index is 0.00403. The Bertz CT molecular complexity index is 952. The zero-order valence-electron chi connectivity index (χ0n) is 25.2. The molecule has 3 amide bonds. The number of hydrogen-bond donors (Lipinski definition) is 4. The molecule has 1 rings (SSSR count). The minimum Gasteiger partial charge on any atom is -0.493 e. The molecule has 1 aromatic carbocycles. The Morgan fingerprint density at radius 3 is 2.42 bits per heavy atom. The van der Waals surface area contributed by atoms with Gasteiger partial charge in [-0.2, -0.15) is 0 Å². The quantitative estimate of drug-likeness (QED) is 0.157. The van der Waals surface area contributed by atoms with E-state index in [1.165, 1.54) is 12.0 Å². The highest BCUT2D eigenvalue weighted by molar-refractivity contribution is 5.82. The van der Waals surface area contributed by atoms with Crippen molar-refractivity contribution in [2.45, 2.75) is 97.3 Å². The first kappa shape index (κ1) is 34.9. The summed E-state index contributed by atoms with van der Waals surface area (Å²) in [7, 11) is 3.09. The van der Waals surface area contributed by atoms with E-state index in [0.29, 0.717) is 37.6 Å². The van der Waals surface area contributed by atoms with E-state index in [1.807, 2.05) is 13.8 Å². The molecule has 0 heterocycles. The molecule has 0 radical (unpaired) electrons. The maximum absolute atomic E-state index is 12.9. The van der Waals surface area contributed by atoms with Gasteiger partial charge in [0, 0.05) is 26.1 Å². The molecule has 0 aliphatic heterocycles. The number of carbonyl (C=O) groups excluding carboxylic acids is 3. The van der Waals surface area contributed by atoms with Crippen molar-refractivity contribution in [2.75, 3.05) is 20.7 Å². The third-order valence-electron chi connectivity index (χ3n) is 6.76. The SMILES string of the molecule is COc1cc(CNC(=O)CCCC/C=C/C(C)C)ccc1OC(=O)N(C)C(C)C(C)NC(=O)[C@@H](N)CCCCN. The second-order valence-corrected chi connectivity index (χ2v) is 10.6. The molecular formula is C30H51N5O5. The molecule has 6 N–H and O–H groups in total. The van der Waals surface area contributed by atoms with Crippen molar-refractivity contribution >= 4 is 17.9 Å². The van der Waals surface area contributed by atoms with Crippen molar-refractivity contribution in [3.63, 3.8) is 0 Å². The van der Waals surface area contributed by atoms with Gasteiger partial charge in [-0.25, -0.2) is 4.79 Å². The summed E-state index contributed by atoms with van der Waals surface area (Å²) in [6.07, 6.45) is 9.18. The van der Waals surface area contributed by atoms with E-state index in [2.05, 4.69) is 36.6 Å². The zero-order valence-corrected chi connectivity index (χ0v) is 25.2. The Morgan fingerprint density at radius 2 is 1.77 bits per heavy atom. The fourth-order valence-electron chi connectivity index (χ4n) is 3.87. The number of amides is 3. The van der Waals surface area contributed by atoms with E-state index in [0.717, 1.165) is 37.7 Å². The Hall–Kier alpha value is -3.11. The molecule has 226 valence electrons. The number of benzene rings is 1. The smallest absolute Gasteiger partial charge is 0.415 e. The molecule has 0 aliphatic rings. The van der Waals surface area contributed by atoms with E-state index in [4.69, 9.17) is 20.9 Å². The molecule has 1 aromatic rings. The second-order valence-electron chi connectivity index (χ2n) is 10.6. The molecule has 0 fully saturated rings. The molecule has 0 saturated carbocycles. The number of hydrogen-bond acceptors (Lipinski definition) is 7. The van der Waals surface area contributed by atoms with Crippen molar-refractivity contribution in [2.24, 2.45) is 17.4 Å². The Kier molecular flexibility index (Phi) is 16.6. The molecule has 0 spiro atoms. The van der Waals surface area contributed by atoms with E-state index >= 15 is 0 Å². The van der Waals surface area contributed by atoms with Gasteiger partial charge in [-0.05, 0) is 76.1 Å². The van der Waals surface area contributed by atoms with Crippen molar-refractivity contribution in [1.29, 1.82) is 0 Å². The van der Waals surface area contributed by atoms with E-state index in [9.17, 15) is 14.4 Å². The Labute approximate surface area is 240 Å². The summed E-state index contributed by atoms with van der Waals surface area (Å²) in [5.41, 5.74) is 12.3. The van der Waals surface area contributed by atoms with Crippen LogP contribution in [0.4, 0.5) is 4.79 Å². The molecule has 0 aliphatic carbocycles. The Morgan fingerprint density at radius 1 is 1.05 bits per heavy atom. The molecular weight excluding hydrogens is 510 g/mol. The van der Waals surface area contributed by atoms with E-state index in [1.54, 1.807) is 25.2 Å². The number of nitrogens with zero attached hydrogens (tertiary/aromatic N) is 1. The standard InChI is InChI=1S/C30H51N5O5/c1-21(2)13-9-7-8-10-15-28(36)33-20-24-16-17-26(27(19-24)39-6)40-30(38)35(5)23(4)22(3)34-29(37)25(32)14-11-12-18-31/h9,13,16-17,19,21-23,25H,7-8,10-12,14-15,18,20,31-32H2,1-6H3,(H,33,36)(H,34,37)/b13-9+/t22?,23?,25-/m0/s1. The lowest BCUT2D eigenvalue weighted by molar-refractivity contribution is -0.123. The number of nitrogens with one attached hydrogen (secondary N) is 2. The zero-order chi connectivity index (χ0) is 30.1. The van der Waals surface area contributed by atoms with Gasteiger partial charge >= 0.3 is 6.09 Å². The van der Waals surface area contributed by atoms with Crippen molar-refractivity contribution in [3.8, 4) is 11.5 Å². The van der Waals surface area contributed by atoms with Gasteiger partial charge in [0.1, 0.15) is 0 Å². The lowest BCUT2D eigenvalue weighted by Crippen LogP contribution is -2.53. The lowest BCUT2D eigenvalue weighted by atomic mass is 10.1. The van der Waals surface area contributed by atoms with Crippen LogP contribution in [0.2, 0.25) is 0 Å². The van der Waals surface area contributed by atoms with Crippen LogP contribution < -0.4 is 31.6 Å². The number of unbranched alkanes of at least 4 members (excludes halogenated alkanes) is 3.